The van der Waals surface area contributed by atoms with Crippen LogP contribution in [0.3, 0.4) is 0 Å². The zero-order valence-corrected chi connectivity index (χ0v) is 13.3. The Morgan fingerprint density at radius 1 is 1.10 bits per heavy atom. The Morgan fingerprint density at radius 2 is 1.81 bits per heavy atom. The topological polar surface area (TPSA) is 12.0 Å². The molecule has 2 atom stereocenters. The van der Waals surface area contributed by atoms with Crippen LogP contribution in [-0.2, 0) is 12.8 Å². The monoisotopic (exact) mass is 279 g/mol. The SMILES string of the molecule is CNC(Cc1cc(C)cc(C)c1)CC1Cc2ccccc21. The normalized spacial score (nSPS) is 18.0. The predicted molar refractivity (Wildman–Crippen MR) is 90.0 cm³/mol. The van der Waals surface area contributed by atoms with Gasteiger partial charge in [-0.2, -0.15) is 0 Å². The van der Waals surface area contributed by atoms with Gasteiger partial charge < -0.3 is 5.32 Å². The van der Waals surface area contributed by atoms with Crippen LogP contribution >= 0.6 is 0 Å². The molecule has 0 spiro atoms. The van der Waals surface area contributed by atoms with Gasteiger partial charge in [-0.1, -0.05) is 53.6 Å². The van der Waals surface area contributed by atoms with E-state index in [1.54, 1.807) is 11.1 Å². The highest BCUT2D eigenvalue weighted by atomic mass is 14.9. The molecule has 1 N–H and O–H groups in total. The Morgan fingerprint density at radius 3 is 2.48 bits per heavy atom. The minimum absolute atomic E-state index is 0.560. The number of likely N-dealkylation sites (N-methyl/N-ethyl adjacent to an activating group) is 1. The van der Waals surface area contributed by atoms with E-state index in [9.17, 15) is 0 Å². The predicted octanol–water partition coefficient (Wildman–Crippen LogP) is 4.16. The molecule has 1 aliphatic carbocycles. The average Bonchev–Trinajstić information content (AvgIpc) is 2.42. The molecule has 0 saturated heterocycles. The standard InChI is InChI=1S/C20H25N/c1-14-8-15(2)10-16(9-14)11-19(21-3)13-18-12-17-6-4-5-7-20(17)18/h4-10,18-19,21H,11-13H2,1-3H3. The summed E-state index contributed by atoms with van der Waals surface area (Å²) in [4.78, 5) is 0. The van der Waals surface area contributed by atoms with E-state index in [4.69, 9.17) is 0 Å². The first-order valence-corrected chi connectivity index (χ1v) is 7.98. The van der Waals surface area contributed by atoms with Crippen LogP contribution in [0.5, 0.6) is 0 Å². The molecule has 21 heavy (non-hydrogen) atoms. The highest BCUT2D eigenvalue weighted by Gasteiger charge is 2.27. The summed E-state index contributed by atoms with van der Waals surface area (Å²) in [5.41, 5.74) is 7.31. The first-order chi connectivity index (χ1) is 10.2. The van der Waals surface area contributed by atoms with Gasteiger partial charge in [0.1, 0.15) is 0 Å². The maximum atomic E-state index is 3.52. The van der Waals surface area contributed by atoms with Crippen LogP contribution in [0.2, 0.25) is 0 Å². The van der Waals surface area contributed by atoms with E-state index >= 15 is 0 Å². The largest absolute Gasteiger partial charge is 0.317 e. The maximum Gasteiger partial charge on any atom is 0.0110 e. The van der Waals surface area contributed by atoms with Crippen molar-refractivity contribution in [2.45, 2.75) is 45.1 Å². The highest BCUT2D eigenvalue weighted by Crippen LogP contribution is 2.38. The third-order valence-corrected chi connectivity index (χ3v) is 4.70. The van der Waals surface area contributed by atoms with Crippen molar-refractivity contribution in [3.05, 3.63) is 70.3 Å². The number of hydrogen-bond donors (Lipinski definition) is 1. The second-order valence-corrected chi connectivity index (χ2v) is 6.52. The molecule has 1 heteroatoms. The van der Waals surface area contributed by atoms with Gasteiger partial charge in [0.15, 0.2) is 0 Å². The fourth-order valence-electron chi connectivity index (χ4n) is 3.69. The van der Waals surface area contributed by atoms with Crippen LogP contribution in [0, 0.1) is 13.8 Å². The van der Waals surface area contributed by atoms with Gasteiger partial charge in [-0.05, 0) is 62.8 Å². The van der Waals surface area contributed by atoms with Crippen molar-refractivity contribution < 1.29 is 0 Å². The van der Waals surface area contributed by atoms with Crippen LogP contribution < -0.4 is 5.32 Å². The number of benzene rings is 2. The Hall–Kier alpha value is -1.60. The van der Waals surface area contributed by atoms with Gasteiger partial charge >= 0.3 is 0 Å². The second-order valence-electron chi connectivity index (χ2n) is 6.52. The van der Waals surface area contributed by atoms with E-state index in [2.05, 4.69) is 68.7 Å². The van der Waals surface area contributed by atoms with Crippen molar-refractivity contribution in [2.24, 2.45) is 0 Å². The third kappa shape index (κ3) is 3.19. The van der Waals surface area contributed by atoms with Gasteiger partial charge in [0, 0.05) is 6.04 Å². The van der Waals surface area contributed by atoms with Gasteiger partial charge in [0.2, 0.25) is 0 Å². The molecule has 3 rings (SSSR count). The lowest BCUT2D eigenvalue weighted by Gasteiger charge is -2.33. The van der Waals surface area contributed by atoms with E-state index < -0.39 is 0 Å². The van der Waals surface area contributed by atoms with Crippen molar-refractivity contribution in [3.63, 3.8) is 0 Å². The molecule has 0 amide bonds. The minimum Gasteiger partial charge on any atom is -0.317 e. The number of rotatable bonds is 5. The van der Waals surface area contributed by atoms with Crippen LogP contribution in [-0.4, -0.2) is 13.1 Å². The quantitative estimate of drug-likeness (QED) is 0.866. The van der Waals surface area contributed by atoms with E-state index in [1.807, 2.05) is 0 Å². The molecule has 2 aromatic carbocycles. The van der Waals surface area contributed by atoms with Crippen molar-refractivity contribution in [1.29, 1.82) is 0 Å². The molecule has 2 unspecified atom stereocenters. The highest BCUT2D eigenvalue weighted by molar-refractivity contribution is 5.40. The van der Waals surface area contributed by atoms with Crippen LogP contribution in [0.25, 0.3) is 0 Å². The van der Waals surface area contributed by atoms with Crippen LogP contribution in [0.4, 0.5) is 0 Å². The molecule has 0 bridgehead atoms. The number of nitrogens with one attached hydrogen (secondary N) is 1. The number of aryl methyl sites for hydroxylation is 2. The molecule has 110 valence electrons. The van der Waals surface area contributed by atoms with Crippen molar-refractivity contribution in [3.8, 4) is 0 Å². The number of fused-ring (bicyclic) bond motifs is 1. The second kappa shape index (κ2) is 6.03. The lowest BCUT2D eigenvalue weighted by atomic mass is 9.74. The Balaban J connectivity index is 1.67. The van der Waals surface area contributed by atoms with Gasteiger partial charge in [-0.25, -0.2) is 0 Å². The molecule has 0 fully saturated rings. The Bertz CT molecular complexity index is 609. The van der Waals surface area contributed by atoms with E-state index in [-0.39, 0.29) is 0 Å². The summed E-state index contributed by atoms with van der Waals surface area (Å²) in [5.74, 6) is 0.740. The lowest BCUT2D eigenvalue weighted by Crippen LogP contribution is -2.32. The van der Waals surface area contributed by atoms with Gasteiger partial charge in [0.25, 0.3) is 0 Å². The minimum atomic E-state index is 0.560. The van der Waals surface area contributed by atoms with Crippen molar-refractivity contribution in [1.82, 2.24) is 5.32 Å². The summed E-state index contributed by atoms with van der Waals surface area (Å²) in [6, 6.07) is 16.4. The average molecular weight is 279 g/mol. The summed E-state index contributed by atoms with van der Waals surface area (Å²) in [6.45, 7) is 4.38. The summed E-state index contributed by atoms with van der Waals surface area (Å²) in [5, 5.41) is 3.52. The van der Waals surface area contributed by atoms with E-state index in [0.29, 0.717) is 6.04 Å². The molecule has 0 aromatic heterocycles. The first kappa shape index (κ1) is 14.3. The molecule has 0 radical (unpaired) electrons. The van der Waals surface area contributed by atoms with Gasteiger partial charge in [-0.15, -0.1) is 0 Å². The Labute approximate surface area is 128 Å². The molecular formula is C20H25N. The summed E-state index contributed by atoms with van der Waals surface area (Å²) in [6.07, 6.45) is 3.61. The number of hydrogen-bond acceptors (Lipinski definition) is 1. The molecular weight excluding hydrogens is 254 g/mol. The molecule has 1 nitrogen and oxygen atoms in total. The van der Waals surface area contributed by atoms with Gasteiger partial charge in [-0.3, -0.25) is 0 Å². The zero-order chi connectivity index (χ0) is 14.8. The zero-order valence-electron chi connectivity index (χ0n) is 13.3. The Kier molecular flexibility index (Phi) is 4.12. The summed E-state index contributed by atoms with van der Waals surface area (Å²) >= 11 is 0. The van der Waals surface area contributed by atoms with Gasteiger partial charge in [0.05, 0.1) is 0 Å². The molecule has 1 aliphatic rings. The molecule has 0 heterocycles. The smallest absolute Gasteiger partial charge is 0.0110 e. The van der Waals surface area contributed by atoms with E-state index in [0.717, 1.165) is 12.3 Å². The third-order valence-electron chi connectivity index (χ3n) is 4.70. The molecule has 2 aromatic rings. The fraction of sp³-hybridized carbons (Fsp3) is 0.400. The maximum absolute atomic E-state index is 3.52. The summed E-state index contributed by atoms with van der Waals surface area (Å²) in [7, 11) is 2.10. The molecule has 0 aliphatic heterocycles. The van der Waals surface area contributed by atoms with Crippen LogP contribution in [0.1, 0.15) is 40.2 Å². The van der Waals surface area contributed by atoms with Crippen LogP contribution in [0.15, 0.2) is 42.5 Å². The van der Waals surface area contributed by atoms with Crippen molar-refractivity contribution >= 4 is 0 Å². The summed E-state index contributed by atoms with van der Waals surface area (Å²) < 4.78 is 0. The van der Waals surface area contributed by atoms with Crippen molar-refractivity contribution in [2.75, 3.05) is 7.05 Å². The first-order valence-electron chi connectivity index (χ1n) is 7.98. The fourth-order valence-corrected chi connectivity index (χ4v) is 3.69. The molecule has 0 saturated carbocycles. The van der Waals surface area contributed by atoms with E-state index in [1.165, 1.54) is 29.5 Å². The lowest BCUT2D eigenvalue weighted by molar-refractivity contribution is 0.438.